The van der Waals surface area contributed by atoms with Crippen LogP contribution in [-0.4, -0.2) is 17.8 Å². The van der Waals surface area contributed by atoms with Gasteiger partial charge in [0, 0.05) is 16.7 Å². The Bertz CT molecular complexity index is 263. The highest BCUT2D eigenvalue weighted by atomic mass is 79.9. The van der Waals surface area contributed by atoms with Crippen LogP contribution < -0.4 is 5.32 Å². The topological polar surface area (TPSA) is 32.3 Å². The summed E-state index contributed by atoms with van der Waals surface area (Å²) in [6, 6.07) is 7.99. The van der Waals surface area contributed by atoms with Crippen LogP contribution in [0.3, 0.4) is 0 Å². The molecule has 0 aliphatic heterocycles. The van der Waals surface area contributed by atoms with E-state index in [2.05, 4.69) is 21.2 Å². The number of anilines is 1. The van der Waals surface area contributed by atoms with Gasteiger partial charge in [-0.15, -0.1) is 0 Å². The first kappa shape index (κ1) is 10.5. The van der Waals surface area contributed by atoms with Crippen LogP contribution in [-0.2, 0) is 0 Å². The van der Waals surface area contributed by atoms with Crippen molar-refractivity contribution in [3.8, 4) is 0 Å². The zero-order valence-corrected chi connectivity index (χ0v) is 9.21. The quantitative estimate of drug-likeness (QED) is 0.853. The van der Waals surface area contributed by atoms with Crippen LogP contribution in [0.1, 0.15) is 13.3 Å². The highest BCUT2D eigenvalue weighted by molar-refractivity contribution is 9.10. The number of nitrogens with one attached hydrogen (secondary N) is 1. The fraction of sp³-hybridized carbons (Fsp3) is 0.400. The van der Waals surface area contributed by atoms with E-state index < -0.39 is 0 Å². The largest absolute Gasteiger partial charge is 0.393 e. The third-order valence-corrected chi connectivity index (χ3v) is 2.21. The van der Waals surface area contributed by atoms with Gasteiger partial charge in [-0.05, 0) is 31.5 Å². The molecule has 0 aliphatic carbocycles. The summed E-state index contributed by atoms with van der Waals surface area (Å²) >= 11 is 3.39. The van der Waals surface area contributed by atoms with Crippen molar-refractivity contribution in [1.82, 2.24) is 0 Å². The van der Waals surface area contributed by atoms with Gasteiger partial charge < -0.3 is 10.4 Å². The minimum absolute atomic E-state index is 0.236. The molecule has 0 spiro atoms. The van der Waals surface area contributed by atoms with Crippen LogP contribution in [0.5, 0.6) is 0 Å². The highest BCUT2D eigenvalue weighted by Gasteiger charge is 1.95. The van der Waals surface area contributed by atoms with E-state index in [1.807, 2.05) is 24.3 Å². The summed E-state index contributed by atoms with van der Waals surface area (Å²) in [5.74, 6) is 0. The van der Waals surface area contributed by atoms with Gasteiger partial charge in [-0.1, -0.05) is 22.0 Å². The fourth-order valence-electron chi connectivity index (χ4n) is 1.02. The molecule has 1 unspecified atom stereocenters. The summed E-state index contributed by atoms with van der Waals surface area (Å²) < 4.78 is 1.06. The van der Waals surface area contributed by atoms with Gasteiger partial charge >= 0.3 is 0 Å². The lowest BCUT2D eigenvalue weighted by Crippen LogP contribution is -2.09. The third-order valence-electron chi connectivity index (χ3n) is 1.72. The molecule has 1 atom stereocenters. The number of rotatable bonds is 4. The maximum atomic E-state index is 9.04. The minimum Gasteiger partial charge on any atom is -0.393 e. The molecule has 0 saturated heterocycles. The maximum absolute atomic E-state index is 9.04. The molecule has 0 amide bonds. The van der Waals surface area contributed by atoms with Crippen molar-refractivity contribution in [2.24, 2.45) is 0 Å². The Morgan fingerprint density at radius 1 is 1.54 bits per heavy atom. The van der Waals surface area contributed by atoms with Crippen LogP contribution in [0.25, 0.3) is 0 Å². The molecule has 0 aliphatic rings. The van der Waals surface area contributed by atoms with Gasteiger partial charge in [0.1, 0.15) is 0 Å². The van der Waals surface area contributed by atoms with E-state index in [9.17, 15) is 0 Å². The molecule has 0 bridgehead atoms. The molecule has 0 radical (unpaired) electrons. The number of halogens is 1. The normalized spacial score (nSPS) is 12.5. The van der Waals surface area contributed by atoms with E-state index in [0.29, 0.717) is 0 Å². The third kappa shape index (κ3) is 4.29. The van der Waals surface area contributed by atoms with E-state index in [1.165, 1.54) is 0 Å². The number of hydrogen-bond acceptors (Lipinski definition) is 2. The van der Waals surface area contributed by atoms with E-state index in [0.717, 1.165) is 23.1 Å². The van der Waals surface area contributed by atoms with E-state index in [1.54, 1.807) is 6.92 Å². The Labute approximate surface area is 87.1 Å². The Morgan fingerprint density at radius 3 is 2.92 bits per heavy atom. The van der Waals surface area contributed by atoms with Crippen molar-refractivity contribution in [3.05, 3.63) is 28.7 Å². The van der Waals surface area contributed by atoms with Gasteiger partial charge in [-0.3, -0.25) is 0 Å². The molecular weight excluding hydrogens is 230 g/mol. The van der Waals surface area contributed by atoms with E-state index >= 15 is 0 Å². The summed E-state index contributed by atoms with van der Waals surface area (Å²) in [6.07, 6.45) is 0.534. The van der Waals surface area contributed by atoms with Crippen molar-refractivity contribution < 1.29 is 5.11 Å². The predicted molar refractivity (Wildman–Crippen MR) is 58.9 cm³/mol. The monoisotopic (exact) mass is 243 g/mol. The number of hydrogen-bond donors (Lipinski definition) is 2. The van der Waals surface area contributed by atoms with Gasteiger partial charge in [-0.25, -0.2) is 0 Å². The first-order valence-corrected chi connectivity index (χ1v) is 5.15. The molecule has 2 nitrogen and oxygen atoms in total. The first-order chi connectivity index (χ1) is 6.18. The Morgan fingerprint density at radius 2 is 2.31 bits per heavy atom. The van der Waals surface area contributed by atoms with Crippen molar-refractivity contribution in [1.29, 1.82) is 0 Å². The molecule has 0 saturated carbocycles. The van der Waals surface area contributed by atoms with Crippen molar-refractivity contribution in [2.75, 3.05) is 11.9 Å². The van der Waals surface area contributed by atoms with Gasteiger partial charge in [0.05, 0.1) is 6.10 Å². The second-order valence-corrected chi connectivity index (χ2v) is 3.99. The smallest absolute Gasteiger partial charge is 0.0528 e. The Hall–Kier alpha value is -0.540. The molecule has 0 fully saturated rings. The zero-order valence-electron chi connectivity index (χ0n) is 7.63. The second-order valence-electron chi connectivity index (χ2n) is 3.07. The Balaban J connectivity index is 2.37. The van der Waals surface area contributed by atoms with E-state index in [4.69, 9.17) is 5.11 Å². The average molecular weight is 244 g/mol. The summed E-state index contributed by atoms with van der Waals surface area (Å²) in [7, 11) is 0. The molecule has 1 rings (SSSR count). The fourth-order valence-corrected chi connectivity index (χ4v) is 1.42. The minimum atomic E-state index is -0.236. The average Bonchev–Trinajstić information content (AvgIpc) is 2.03. The summed E-state index contributed by atoms with van der Waals surface area (Å²) in [5, 5.41) is 12.3. The van der Waals surface area contributed by atoms with Crippen LogP contribution in [0.4, 0.5) is 5.69 Å². The first-order valence-electron chi connectivity index (χ1n) is 4.36. The van der Waals surface area contributed by atoms with Crippen molar-refractivity contribution in [3.63, 3.8) is 0 Å². The molecular formula is C10H14BrNO. The summed E-state index contributed by atoms with van der Waals surface area (Å²) in [4.78, 5) is 0. The van der Waals surface area contributed by atoms with E-state index in [-0.39, 0.29) is 6.10 Å². The summed E-state index contributed by atoms with van der Waals surface area (Å²) in [5.41, 5.74) is 1.08. The molecule has 1 aromatic carbocycles. The lowest BCUT2D eigenvalue weighted by molar-refractivity contribution is 0.189. The number of aliphatic hydroxyl groups is 1. The standard InChI is InChI=1S/C10H14BrNO/c1-8(13)5-6-12-10-4-2-3-9(11)7-10/h2-4,7-8,12-13H,5-6H2,1H3. The number of benzene rings is 1. The molecule has 0 heterocycles. The van der Waals surface area contributed by atoms with Crippen LogP contribution in [0, 0.1) is 0 Å². The van der Waals surface area contributed by atoms with Crippen molar-refractivity contribution >= 4 is 21.6 Å². The number of aliphatic hydroxyl groups excluding tert-OH is 1. The van der Waals surface area contributed by atoms with Gasteiger partial charge in [-0.2, -0.15) is 0 Å². The SMILES string of the molecule is CC(O)CCNc1cccc(Br)c1. The van der Waals surface area contributed by atoms with Crippen molar-refractivity contribution in [2.45, 2.75) is 19.4 Å². The lowest BCUT2D eigenvalue weighted by Gasteiger charge is -2.07. The lowest BCUT2D eigenvalue weighted by atomic mass is 10.2. The second kappa shape index (κ2) is 5.25. The molecule has 2 N–H and O–H groups in total. The van der Waals surface area contributed by atoms with Gasteiger partial charge in [0.25, 0.3) is 0 Å². The molecule has 13 heavy (non-hydrogen) atoms. The zero-order chi connectivity index (χ0) is 9.68. The van der Waals surface area contributed by atoms with Crippen LogP contribution in [0.15, 0.2) is 28.7 Å². The van der Waals surface area contributed by atoms with Gasteiger partial charge in [0.2, 0.25) is 0 Å². The predicted octanol–water partition coefficient (Wildman–Crippen LogP) is 2.63. The maximum Gasteiger partial charge on any atom is 0.0528 e. The Kier molecular flexibility index (Phi) is 4.25. The molecule has 0 aromatic heterocycles. The summed E-state index contributed by atoms with van der Waals surface area (Å²) in [6.45, 7) is 2.59. The molecule has 3 heteroatoms. The van der Waals surface area contributed by atoms with Gasteiger partial charge in [0.15, 0.2) is 0 Å². The molecule has 72 valence electrons. The highest BCUT2D eigenvalue weighted by Crippen LogP contribution is 2.15. The molecule has 1 aromatic rings. The van der Waals surface area contributed by atoms with Crippen LogP contribution >= 0.6 is 15.9 Å². The van der Waals surface area contributed by atoms with Crippen LogP contribution in [0.2, 0.25) is 0 Å².